The van der Waals surface area contributed by atoms with Gasteiger partial charge < -0.3 is 10.1 Å². The van der Waals surface area contributed by atoms with Crippen LogP contribution in [0.2, 0.25) is 5.02 Å². The van der Waals surface area contributed by atoms with Gasteiger partial charge in [0.05, 0.1) is 17.4 Å². The highest BCUT2D eigenvalue weighted by Crippen LogP contribution is 2.42. The van der Waals surface area contributed by atoms with Crippen molar-refractivity contribution in [3.8, 4) is 5.75 Å². The van der Waals surface area contributed by atoms with E-state index in [1.165, 1.54) is 23.7 Å². The normalized spacial score (nSPS) is 18.3. The minimum atomic E-state index is -0.477. The third kappa shape index (κ3) is 4.88. The van der Waals surface area contributed by atoms with E-state index in [0.717, 1.165) is 5.56 Å². The molecule has 2 N–H and O–H groups in total. The molecule has 2 aromatic carbocycles. The first-order valence-corrected chi connectivity index (χ1v) is 10.7. The molecule has 0 aromatic heterocycles. The van der Waals surface area contributed by atoms with Gasteiger partial charge in [-0.3, -0.25) is 19.8 Å². The lowest BCUT2D eigenvalue weighted by Crippen LogP contribution is -2.45. The summed E-state index contributed by atoms with van der Waals surface area (Å²) >= 11 is 7.41. The quantitative estimate of drug-likeness (QED) is 0.698. The van der Waals surface area contributed by atoms with E-state index < -0.39 is 5.91 Å². The highest BCUT2D eigenvalue weighted by atomic mass is 35.5. The molecule has 2 atom stereocenters. The molecule has 1 aliphatic heterocycles. The van der Waals surface area contributed by atoms with E-state index in [9.17, 15) is 14.4 Å². The van der Waals surface area contributed by atoms with Crippen LogP contribution in [0.5, 0.6) is 5.75 Å². The summed E-state index contributed by atoms with van der Waals surface area (Å²) < 4.78 is 5.58. The molecule has 0 unspecified atom stereocenters. The fraction of sp³-hybridized carbons (Fsp3) is 0.286. The molecule has 0 radical (unpaired) electrons. The molecule has 1 aliphatic rings. The molecule has 3 amide bonds. The summed E-state index contributed by atoms with van der Waals surface area (Å²) in [6.45, 7) is 5.34. The molecule has 0 bridgehead atoms. The van der Waals surface area contributed by atoms with Gasteiger partial charge in [0.2, 0.25) is 5.91 Å². The Hall–Kier alpha value is -2.71. The van der Waals surface area contributed by atoms with Crippen molar-refractivity contribution in [2.45, 2.75) is 31.4 Å². The summed E-state index contributed by atoms with van der Waals surface area (Å²) in [7, 11) is 0. The average Bonchev–Trinajstić information content (AvgIpc) is 2.97. The molecule has 9 heteroatoms. The number of anilines is 1. The van der Waals surface area contributed by atoms with Crippen molar-refractivity contribution in [1.82, 2.24) is 10.4 Å². The smallest absolute Gasteiger partial charge is 0.273 e. The molecule has 0 saturated carbocycles. The summed E-state index contributed by atoms with van der Waals surface area (Å²) in [6, 6.07) is 11.9. The van der Waals surface area contributed by atoms with Crippen molar-refractivity contribution in [2.24, 2.45) is 0 Å². The maximum Gasteiger partial charge on any atom is 0.273 e. The van der Waals surface area contributed by atoms with Crippen molar-refractivity contribution >= 4 is 46.8 Å². The van der Waals surface area contributed by atoms with Crippen LogP contribution >= 0.6 is 23.4 Å². The minimum Gasteiger partial charge on any atom is -0.493 e. The Morgan fingerprint density at radius 2 is 1.90 bits per heavy atom. The number of halogens is 1. The van der Waals surface area contributed by atoms with Crippen molar-refractivity contribution in [2.75, 3.05) is 11.9 Å². The van der Waals surface area contributed by atoms with E-state index in [1.54, 1.807) is 44.2 Å². The Morgan fingerprint density at radius 1 is 1.20 bits per heavy atom. The molecule has 1 saturated heterocycles. The zero-order chi connectivity index (χ0) is 21.8. The summed E-state index contributed by atoms with van der Waals surface area (Å²) in [5.41, 5.74) is 4.36. The molecular weight excluding hydrogens is 426 g/mol. The second-order valence-electron chi connectivity index (χ2n) is 6.66. The predicted octanol–water partition coefficient (Wildman–Crippen LogP) is 4.00. The van der Waals surface area contributed by atoms with Crippen molar-refractivity contribution < 1.29 is 19.1 Å². The van der Waals surface area contributed by atoms with Crippen LogP contribution in [0, 0.1) is 0 Å². The van der Waals surface area contributed by atoms with Crippen LogP contribution in [-0.2, 0) is 9.59 Å². The van der Waals surface area contributed by atoms with Crippen LogP contribution in [-0.4, -0.2) is 34.6 Å². The highest BCUT2D eigenvalue weighted by Gasteiger charge is 2.40. The SMILES string of the molecule is CCOc1cc(NC(C)=O)ccc1C(=O)NN1C(=O)[C@H](C)S[C@H]1c1ccc(Cl)cc1. The van der Waals surface area contributed by atoms with Gasteiger partial charge in [-0.15, -0.1) is 11.8 Å². The summed E-state index contributed by atoms with van der Waals surface area (Å²) in [5.74, 6) is -0.582. The summed E-state index contributed by atoms with van der Waals surface area (Å²) in [5, 5.41) is 3.92. The number of ether oxygens (including phenoxy) is 1. The second kappa shape index (κ2) is 9.40. The molecule has 0 aliphatic carbocycles. The number of hydrogen-bond donors (Lipinski definition) is 2. The minimum absolute atomic E-state index is 0.193. The first kappa shape index (κ1) is 22.0. The predicted molar refractivity (Wildman–Crippen MR) is 117 cm³/mol. The Labute approximate surface area is 184 Å². The third-order valence-electron chi connectivity index (χ3n) is 4.38. The van der Waals surface area contributed by atoms with Gasteiger partial charge in [0, 0.05) is 23.7 Å². The van der Waals surface area contributed by atoms with Crippen LogP contribution in [0.4, 0.5) is 5.69 Å². The first-order valence-electron chi connectivity index (χ1n) is 9.39. The van der Waals surface area contributed by atoms with E-state index in [0.29, 0.717) is 23.1 Å². The Balaban J connectivity index is 1.86. The monoisotopic (exact) mass is 447 g/mol. The van der Waals surface area contributed by atoms with Gasteiger partial charge in [0.25, 0.3) is 11.8 Å². The maximum atomic E-state index is 13.0. The Bertz CT molecular complexity index is 967. The van der Waals surface area contributed by atoms with E-state index in [2.05, 4.69) is 10.7 Å². The zero-order valence-electron chi connectivity index (χ0n) is 16.8. The molecule has 30 heavy (non-hydrogen) atoms. The standard InChI is InChI=1S/C21H22ClN3O4S/c1-4-29-18-11-16(23-13(3)26)9-10-17(18)19(27)24-25-20(28)12(2)30-21(25)14-5-7-15(22)8-6-14/h5-12,21H,4H2,1-3H3,(H,23,26)(H,24,27)/t12-,21-/m0/s1. The number of hydrogen-bond acceptors (Lipinski definition) is 5. The topological polar surface area (TPSA) is 87.7 Å². The highest BCUT2D eigenvalue weighted by molar-refractivity contribution is 8.01. The summed E-state index contributed by atoms with van der Waals surface area (Å²) in [4.78, 5) is 37.0. The lowest BCUT2D eigenvalue weighted by Gasteiger charge is -2.25. The third-order valence-corrected chi connectivity index (χ3v) is 5.98. The average molecular weight is 448 g/mol. The molecule has 3 rings (SSSR count). The molecular formula is C21H22ClN3O4S. The van der Waals surface area contributed by atoms with Crippen molar-refractivity contribution in [3.05, 3.63) is 58.6 Å². The van der Waals surface area contributed by atoms with Crippen molar-refractivity contribution in [1.29, 1.82) is 0 Å². The molecule has 2 aromatic rings. The van der Waals surface area contributed by atoms with Gasteiger partial charge in [0.15, 0.2) is 0 Å². The van der Waals surface area contributed by atoms with E-state index in [-0.39, 0.29) is 28.0 Å². The lowest BCUT2D eigenvalue weighted by molar-refractivity contribution is -0.132. The number of nitrogens with one attached hydrogen (secondary N) is 2. The van der Waals surface area contributed by atoms with Gasteiger partial charge >= 0.3 is 0 Å². The van der Waals surface area contributed by atoms with E-state index >= 15 is 0 Å². The van der Waals surface area contributed by atoms with E-state index in [4.69, 9.17) is 16.3 Å². The molecule has 1 heterocycles. The molecule has 158 valence electrons. The van der Waals surface area contributed by atoms with Crippen LogP contribution in [0.1, 0.15) is 42.1 Å². The number of benzene rings is 2. The number of nitrogens with zero attached hydrogens (tertiary/aromatic N) is 1. The van der Waals surface area contributed by atoms with Gasteiger partial charge in [-0.2, -0.15) is 0 Å². The van der Waals surface area contributed by atoms with Gasteiger partial charge in [-0.05, 0) is 43.7 Å². The lowest BCUT2D eigenvalue weighted by atomic mass is 10.1. The van der Waals surface area contributed by atoms with Crippen LogP contribution in [0.3, 0.4) is 0 Å². The number of carbonyl (C=O) groups is 3. The van der Waals surface area contributed by atoms with Crippen LogP contribution in [0.15, 0.2) is 42.5 Å². The first-order chi connectivity index (χ1) is 14.3. The number of thioether (sulfide) groups is 1. The van der Waals surface area contributed by atoms with Gasteiger partial charge in [0.1, 0.15) is 11.1 Å². The molecule has 0 spiro atoms. The van der Waals surface area contributed by atoms with Gasteiger partial charge in [-0.1, -0.05) is 23.7 Å². The number of hydrazine groups is 1. The molecule has 7 nitrogen and oxygen atoms in total. The van der Waals surface area contributed by atoms with Crippen LogP contribution < -0.4 is 15.5 Å². The fourth-order valence-corrected chi connectivity index (χ4v) is 4.36. The zero-order valence-corrected chi connectivity index (χ0v) is 18.3. The van der Waals surface area contributed by atoms with E-state index in [1.807, 2.05) is 12.1 Å². The van der Waals surface area contributed by atoms with Crippen LogP contribution in [0.25, 0.3) is 0 Å². The number of rotatable bonds is 6. The second-order valence-corrected chi connectivity index (χ2v) is 8.52. The largest absolute Gasteiger partial charge is 0.493 e. The fourth-order valence-electron chi connectivity index (χ4n) is 3.03. The summed E-state index contributed by atoms with van der Waals surface area (Å²) in [6.07, 6.45) is 0. The Morgan fingerprint density at radius 3 is 2.53 bits per heavy atom. The Kier molecular flexibility index (Phi) is 6.89. The maximum absolute atomic E-state index is 13.0. The number of amides is 3. The number of carbonyl (C=O) groups excluding carboxylic acids is 3. The van der Waals surface area contributed by atoms with Crippen molar-refractivity contribution in [3.63, 3.8) is 0 Å². The molecule has 1 fully saturated rings. The van der Waals surface area contributed by atoms with Gasteiger partial charge in [-0.25, -0.2) is 5.01 Å².